The van der Waals surface area contributed by atoms with Crippen molar-refractivity contribution in [2.75, 3.05) is 11.9 Å². The molecule has 0 radical (unpaired) electrons. The molecule has 0 spiro atoms. The average Bonchev–Trinajstić information content (AvgIpc) is 3.24. The van der Waals surface area contributed by atoms with Gasteiger partial charge in [-0.25, -0.2) is 4.68 Å². The molecule has 1 fully saturated rings. The minimum Gasteiger partial charge on any atom is -0.309 e. The zero-order chi connectivity index (χ0) is 20.5. The third kappa shape index (κ3) is 3.80. The van der Waals surface area contributed by atoms with Crippen molar-refractivity contribution >= 4 is 46.7 Å². The summed E-state index contributed by atoms with van der Waals surface area (Å²) < 4.78 is 1.56. The standard InChI is InChI=1S/C20H18Cl2N4O3/c21-15-7-3-4-12(18(15)22)10-26-16(8-9-23-26)24-17(27)11-25-19(28)13-5-1-2-6-14(13)20(25)29/h1-4,7-9,13-14H,5-6,10-11H2,(H,24,27)/t13-,14+. The van der Waals surface area contributed by atoms with Crippen molar-refractivity contribution in [3.8, 4) is 0 Å². The quantitative estimate of drug-likeness (QED) is 0.580. The summed E-state index contributed by atoms with van der Waals surface area (Å²) >= 11 is 12.3. The Hall–Kier alpha value is -2.64. The summed E-state index contributed by atoms with van der Waals surface area (Å²) in [5.74, 6) is -1.29. The number of benzene rings is 1. The van der Waals surface area contributed by atoms with E-state index >= 15 is 0 Å². The molecule has 7 nitrogen and oxygen atoms in total. The smallest absolute Gasteiger partial charge is 0.245 e. The van der Waals surface area contributed by atoms with Crippen LogP contribution in [0.5, 0.6) is 0 Å². The molecule has 0 bridgehead atoms. The number of hydrogen-bond acceptors (Lipinski definition) is 4. The van der Waals surface area contributed by atoms with E-state index < -0.39 is 5.91 Å². The highest BCUT2D eigenvalue weighted by atomic mass is 35.5. The van der Waals surface area contributed by atoms with E-state index in [1.54, 1.807) is 29.1 Å². The van der Waals surface area contributed by atoms with Crippen molar-refractivity contribution in [2.45, 2.75) is 19.4 Å². The van der Waals surface area contributed by atoms with Gasteiger partial charge in [0.2, 0.25) is 17.7 Å². The second kappa shape index (κ2) is 8.00. The van der Waals surface area contributed by atoms with Crippen LogP contribution >= 0.6 is 23.2 Å². The lowest BCUT2D eigenvalue weighted by atomic mass is 9.85. The number of aromatic nitrogens is 2. The number of likely N-dealkylation sites (tertiary alicyclic amines) is 1. The summed E-state index contributed by atoms with van der Waals surface area (Å²) in [5.41, 5.74) is 0.750. The fraction of sp³-hybridized carbons (Fsp3) is 0.300. The van der Waals surface area contributed by atoms with Crippen LogP contribution in [-0.4, -0.2) is 38.9 Å². The third-order valence-electron chi connectivity index (χ3n) is 5.24. The molecular formula is C20H18Cl2N4O3. The lowest BCUT2D eigenvalue weighted by molar-refractivity contribution is -0.142. The van der Waals surface area contributed by atoms with E-state index in [0.717, 1.165) is 10.5 Å². The molecule has 2 aromatic rings. The molecule has 2 aliphatic rings. The van der Waals surface area contributed by atoms with Crippen LogP contribution in [0.2, 0.25) is 10.0 Å². The van der Waals surface area contributed by atoms with Crippen molar-refractivity contribution in [1.82, 2.24) is 14.7 Å². The number of halogens is 2. The van der Waals surface area contributed by atoms with E-state index in [1.807, 2.05) is 18.2 Å². The Bertz CT molecular complexity index is 991. The number of anilines is 1. The number of rotatable bonds is 5. The highest BCUT2D eigenvalue weighted by Crippen LogP contribution is 2.35. The summed E-state index contributed by atoms with van der Waals surface area (Å²) in [7, 11) is 0. The highest BCUT2D eigenvalue weighted by Gasteiger charge is 2.47. The van der Waals surface area contributed by atoms with Gasteiger partial charge in [0.05, 0.1) is 34.6 Å². The molecule has 1 N–H and O–H groups in total. The second-order valence-corrected chi connectivity index (χ2v) is 7.84. The Balaban J connectivity index is 1.44. The molecule has 150 valence electrons. The maximum Gasteiger partial charge on any atom is 0.245 e. The molecule has 0 saturated carbocycles. The lowest BCUT2D eigenvalue weighted by Crippen LogP contribution is -2.38. The molecule has 1 aromatic carbocycles. The normalized spacial score (nSPS) is 20.8. The molecule has 2 atom stereocenters. The van der Waals surface area contributed by atoms with Gasteiger partial charge in [-0.3, -0.25) is 19.3 Å². The first-order valence-corrected chi connectivity index (χ1v) is 9.96. The molecule has 1 saturated heterocycles. The van der Waals surface area contributed by atoms with Gasteiger partial charge in [-0.2, -0.15) is 5.10 Å². The third-order valence-corrected chi connectivity index (χ3v) is 6.09. The molecule has 29 heavy (non-hydrogen) atoms. The van der Waals surface area contributed by atoms with Crippen molar-refractivity contribution < 1.29 is 14.4 Å². The SMILES string of the molecule is O=C(CN1C(=O)[C@H]2CC=CC[C@H]2C1=O)Nc1ccnn1Cc1cccc(Cl)c1Cl. The molecule has 2 heterocycles. The average molecular weight is 433 g/mol. The van der Waals surface area contributed by atoms with E-state index in [0.29, 0.717) is 35.2 Å². The Morgan fingerprint density at radius 3 is 2.48 bits per heavy atom. The zero-order valence-electron chi connectivity index (χ0n) is 15.3. The van der Waals surface area contributed by atoms with Crippen LogP contribution in [0.4, 0.5) is 5.82 Å². The zero-order valence-corrected chi connectivity index (χ0v) is 16.9. The van der Waals surface area contributed by atoms with Crippen molar-refractivity contribution in [2.24, 2.45) is 11.8 Å². The molecule has 0 unspecified atom stereocenters. The second-order valence-electron chi connectivity index (χ2n) is 7.05. The van der Waals surface area contributed by atoms with Crippen molar-refractivity contribution in [3.05, 3.63) is 58.2 Å². The maximum atomic E-state index is 12.5. The van der Waals surface area contributed by atoms with Crippen LogP contribution in [0.15, 0.2) is 42.6 Å². The maximum absolute atomic E-state index is 12.5. The highest BCUT2D eigenvalue weighted by molar-refractivity contribution is 6.42. The fourth-order valence-electron chi connectivity index (χ4n) is 3.75. The molecule has 4 rings (SSSR count). The monoisotopic (exact) mass is 432 g/mol. The number of imide groups is 1. The van der Waals surface area contributed by atoms with Gasteiger partial charge in [0.25, 0.3) is 0 Å². The number of nitrogens with zero attached hydrogens (tertiary/aromatic N) is 3. The van der Waals surface area contributed by atoms with Crippen LogP contribution in [0, 0.1) is 11.8 Å². The molecule has 9 heteroatoms. The van der Waals surface area contributed by atoms with Gasteiger partial charge in [-0.05, 0) is 24.5 Å². The van der Waals surface area contributed by atoms with Gasteiger partial charge in [-0.15, -0.1) is 0 Å². The molecule has 1 aliphatic heterocycles. The number of carbonyl (C=O) groups is 3. The summed E-state index contributed by atoms with van der Waals surface area (Å²) in [6.45, 7) is -0.00678. The van der Waals surface area contributed by atoms with E-state index in [4.69, 9.17) is 23.2 Å². The molecule has 3 amide bonds. The van der Waals surface area contributed by atoms with E-state index in [2.05, 4.69) is 10.4 Å². The first-order valence-electron chi connectivity index (χ1n) is 9.20. The van der Waals surface area contributed by atoms with Crippen LogP contribution in [-0.2, 0) is 20.9 Å². The number of hydrogen-bond donors (Lipinski definition) is 1. The summed E-state index contributed by atoms with van der Waals surface area (Å²) in [4.78, 5) is 38.6. The lowest BCUT2D eigenvalue weighted by Gasteiger charge is -2.15. The van der Waals surface area contributed by atoms with Crippen LogP contribution in [0.3, 0.4) is 0 Å². The van der Waals surface area contributed by atoms with Crippen LogP contribution in [0.1, 0.15) is 18.4 Å². The number of allylic oxidation sites excluding steroid dienone is 2. The van der Waals surface area contributed by atoms with Gasteiger partial charge in [0.1, 0.15) is 12.4 Å². The summed E-state index contributed by atoms with van der Waals surface area (Å²) in [6.07, 6.45) is 6.45. The van der Waals surface area contributed by atoms with E-state index in [1.165, 1.54) is 0 Å². The number of amides is 3. The number of carbonyl (C=O) groups excluding carboxylic acids is 3. The molecule has 1 aliphatic carbocycles. The Kier molecular flexibility index (Phi) is 5.43. The van der Waals surface area contributed by atoms with E-state index in [9.17, 15) is 14.4 Å². The Morgan fingerprint density at radius 2 is 1.79 bits per heavy atom. The predicted molar refractivity (Wildman–Crippen MR) is 108 cm³/mol. The number of fused-ring (bicyclic) bond motifs is 1. The van der Waals surface area contributed by atoms with Crippen LogP contribution < -0.4 is 5.32 Å². The van der Waals surface area contributed by atoms with E-state index in [-0.39, 0.29) is 30.2 Å². The summed E-state index contributed by atoms with van der Waals surface area (Å²) in [5, 5.41) is 7.78. The van der Waals surface area contributed by atoms with Crippen LogP contribution in [0.25, 0.3) is 0 Å². The van der Waals surface area contributed by atoms with Crippen molar-refractivity contribution in [1.29, 1.82) is 0 Å². The molecular weight excluding hydrogens is 415 g/mol. The first-order chi connectivity index (χ1) is 14.0. The minimum absolute atomic E-state index is 0.279. The van der Waals surface area contributed by atoms with Gasteiger partial charge < -0.3 is 5.32 Å². The summed E-state index contributed by atoms with van der Waals surface area (Å²) in [6, 6.07) is 6.92. The largest absolute Gasteiger partial charge is 0.309 e. The van der Waals surface area contributed by atoms with Crippen molar-refractivity contribution in [3.63, 3.8) is 0 Å². The Labute approximate surface area is 177 Å². The first kappa shape index (κ1) is 19.7. The minimum atomic E-state index is -0.461. The van der Waals surface area contributed by atoms with Gasteiger partial charge >= 0.3 is 0 Å². The van der Waals surface area contributed by atoms with Gasteiger partial charge in [0.15, 0.2) is 0 Å². The van der Waals surface area contributed by atoms with Gasteiger partial charge in [-0.1, -0.05) is 47.5 Å². The molecule has 1 aromatic heterocycles. The van der Waals surface area contributed by atoms with Gasteiger partial charge in [0, 0.05) is 6.07 Å². The topological polar surface area (TPSA) is 84.3 Å². The number of nitrogens with one attached hydrogen (secondary N) is 1. The predicted octanol–water partition coefficient (Wildman–Crippen LogP) is 3.13. The fourth-order valence-corrected chi connectivity index (χ4v) is 4.13. The Morgan fingerprint density at radius 1 is 1.10 bits per heavy atom.